The second-order valence-electron chi connectivity index (χ2n) is 9.20. The molecule has 200 valence electrons. The van der Waals surface area contributed by atoms with E-state index in [9.17, 15) is 22.8 Å². The first kappa shape index (κ1) is 27.5. The minimum absolute atomic E-state index is 0.0197. The third-order valence-corrected chi connectivity index (χ3v) is 6.74. The summed E-state index contributed by atoms with van der Waals surface area (Å²) in [6.07, 6.45) is -3.46. The van der Waals surface area contributed by atoms with E-state index in [2.05, 4.69) is 5.32 Å². The summed E-state index contributed by atoms with van der Waals surface area (Å²) in [4.78, 5) is 24.6. The van der Waals surface area contributed by atoms with Crippen molar-refractivity contribution in [3.05, 3.63) is 94.5 Å². The Labute approximate surface area is 223 Å². The largest absolute Gasteiger partial charge is 0.494 e. The normalized spacial score (nSPS) is 17.5. The van der Waals surface area contributed by atoms with Crippen molar-refractivity contribution >= 4 is 29.3 Å². The maximum atomic E-state index is 13.4. The molecule has 6 nitrogen and oxygen atoms in total. The van der Waals surface area contributed by atoms with Crippen molar-refractivity contribution in [3.8, 4) is 5.75 Å². The maximum Gasteiger partial charge on any atom is 0.419 e. The predicted molar refractivity (Wildman–Crippen MR) is 137 cm³/mol. The van der Waals surface area contributed by atoms with E-state index in [0.29, 0.717) is 23.6 Å². The molecule has 4 rings (SSSR count). The summed E-state index contributed by atoms with van der Waals surface area (Å²) in [6, 6.07) is 19.8. The lowest BCUT2D eigenvalue weighted by Crippen LogP contribution is -3.15. The molecule has 2 unspecified atom stereocenters. The molecule has 0 radical (unpaired) electrons. The van der Waals surface area contributed by atoms with Crippen molar-refractivity contribution in [3.63, 3.8) is 0 Å². The Morgan fingerprint density at radius 1 is 1.05 bits per heavy atom. The molecule has 0 aliphatic heterocycles. The summed E-state index contributed by atoms with van der Waals surface area (Å²) < 4.78 is 45.5. The number of nitrogens with one attached hydrogen (secondary N) is 2. The Balaban J connectivity index is 1.48. The fourth-order valence-corrected chi connectivity index (χ4v) is 4.62. The molecular weight excluding hydrogens is 521 g/mol. The lowest BCUT2D eigenvalue weighted by atomic mass is 10.1. The van der Waals surface area contributed by atoms with Gasteiger partial charge in [0.05, 0.1) is 17.2 Å². The van der Waals surface area contributed by atoms with E-state index in [-0.39, 0.29) is 30.7 Å². The van der Waals surface area contributed by atoms with Crippen molar-refractivity contribution in [2.75, 3.05) is 11.9 Å². The number of benzene rings is 3. The van der Waals surface area contributed by atoms with Crippen LogP contribution >= 0.6 is 11.6 Å². The fraction of sp³-hybridized carbons (Fsp3) is 0.286. The van der Waals surface area contributed by atoms with Gasteiger partial charge in [-0.15, -0.1) is 0 Å². The van der Waals surface area contributed by atoms with Gasteiger partial charge in [-0.05, 0) is 54.4 Å². The van der Waals surface area contributed by atoms with Gasteiger partial charge in [0, 0.05) is 30.0 Å². The standard InChI is InChI=1S/C28H26ClF3N2O4/c29-24-13-10-20(15-23(24)28(30,31)32)33-27(37)34(25-16-22(25)19-5-2-1-3-6-19)17-18-8-11-21(12-9-18)38-14-4-7-26(35)36/h1-3,5-6,8-13,15,22,25H,4,7,14,16-17H2,(H,33,37)(H,35,36)/p+1/t22-,25?/m0/s1. The van der Waals surface area contributed by atoms with Crippen molar-refractivity contribution in [1.82, 2.24) is 0 Å². The number of alkyl halides is 3. The highest BCUT2D eigenvalue weighted by atomic mass is 35.5. The number of carboxylic acids is 1. The summed E-state index contributed by atoms with van der Waals surface area (Å²) in [7, 11) is 0. The van der Waals surface area contributed by atoms with Crippen molar-refractivity contribution < 1.29 is 37.5 Å². The number of halogens is 4. The molecule has 3 N–H and O–H groups in total. The zero-order valence-corrected chi connectivity index (χ0v) is 21.1. The number of hydrogen-bond acceptors (Lipinski definition) is 3. The third kappa shape index (κ3) is 7.26. The Hall–Kier alpha value is -3.56. The molecule has 2 amide bonds. The molecule has 3 aromatic rings. The molecule has 0 saturated heterocycles. The summed E-state index contributed by atoms with van der Waals surface area (Å²) >= 11 is 5.73. The third-order valence-electron chi connectivity index (χ3n) is 6.41. The number of carbonyl (C=O) groups excluding carboxylic acids is 1. The van der Waals surface area contributed by atoms with E-state index in [1.807, 2.05) is 42.5 Å². The molecule has 10 heteroatoms. The number of quaternary nitrogens is 1. The number of aliphatic carboxylic acids is 1. The van der Waals surface area contributed by atoms with Crippen LogP contribution in [-0.4, -0.2) is 29.8 Å². The number of carbonyl (C=O) groups is 2. The minimum atomic E-state index is -4.64. The van der Waals surface area contributed by atoms with E-state index in [0.717, 1.165) is 29.7 Å². The second-order valence-corrected chi connectivity index (χ2v) is 9.60. The Morgan fingerprint density at radius 2 is 1.76 bits per heavy atom. The summed E-state index contributed by atoms with van der Waals surface area (Å²) in [5.41, 5.74) is 0.967. The molecule has 0 heterocycles. The Bertz CT molecular complexity index is 1270. The molecule has 1 fully saturated rings. The van der Waals surface area contributed by atoms with Crippen LogP contribution in [-0.2, 0) is 17.5 Å². The van der Waals surface area contributed by atoms with Crippen LogP contribution in [0, 0.1) is 0 Å². The highest BCUT2D eigenvalue weighted by Gasteiger charge is 2.49. The Kier molecular flexibility index (Phi) is 8.58. The van der Waals surface area contributed by atoms with Crippen LogP contribution in [0.5, 0.6) is 5.75 Å². The molecule has 0 aromatic heterocycles. The summed E-state index contributed by atoms with van der Waals surface area (Å²) in [5, 5.41) is 10.9. The van der Waals surface area contributed by atoms with E-state index < -0.39 is 28.8 Å². The van der Waals surface area contributed by atoms with Crippen LogP contribution in [0.4, 0.5) is 23.7 Å². The topological polar surface area (TPSA) is 80.1 Å². The number of anilines is 1. The van der Waals surface area contributed by atoms with E-state index >= 15 is 0 Å². The molecule has 1 aliphatic rings. The highest BCUT2D eigenvalue weighted by molar-refractivity contribution is 6.31. The van der Waals surface area contributed by atoms with Crippen molar-refractivity contribution in [1.29, 1.82) is 0 Å². The van der Waals surface area contributed by atoms with Crippen molar-refractivity contribution in [2.45, 2.75) is 43.9 Å². The molecule has 3 aromatic carbocycles. The van der Waals surface area contributed by atoms with Gasteiger partial charge in [-0.2, -0.15) is 13.2 Å². The number of hydrogen-bond donors (Lipinski definition) is 3. The van der Waals surface area contributed by atoms with E-state index in [1.165, 1.54) is 6.07 Å². The Morgan fingerprint density at radius 3 is 2.42 bits per heavy atom. The first-order valence-corrected chi connectivity index (χ1v) is 12.5. The molecule has 0 bridgehead atoms. The number of ether oxygens (including phenoxy) is 1. The van der Waals surface area contributed by atoms with Gasteiger partial charge in [-0.3, -0.25) is 10.1 Å². The maximum absolute atomic E-state index is 13.4. The SMILES string of the molecule is O=C(O)CCCOc1ccc(C[NH+](C(=O)Nc2ccc(Cl)c(C(F)(F)F)c2)C2C[C@H]2c2ccccc2)cc1. The monoisotopic (exact) mass is 547 g/mol. The van der Waals surface area contributed by atoms with Gasteiger partial charge in [0.1, 0.15) is 18.3 Å². The van der Waals surface area contributed by atoms with Gasteiger partial charge >= 0.3 is 18.2 Å². The molecule has 0 spiro atoms. The van der Waals surface area contributed by atoms with Gasteiger partial charge < -0.3 is 9.84 Å². The second kappa shape index (κ2) is 11.9. The fourth-order valence-electron chi connectivity index (χ4n) is 4.40. The number of rotatable bonds is 10. The molecule has 1 saturated carbocycles. The molecule has 38 heavy (non-hydrogen) atoms. The molecule has 1 aliphatic carbocycles. The number of carboxylic acid groups (broad SMARTS) is 1. The van der Waals surface area contributed by atoms with Gasteiger partial charge in [-0.25, -0.2) is 9.69 Å². The van der Waals surface area contributed by atoms with Crippen LogP contribution in [0.15, 0.2) is 72.8 Å². The van der Waals surface area contributed by atoms with Crippen LogP contribution in [0.1, 0.15) is 41.9 Å². The zero-order valence-electron chi connectivity index (χ0n) is 20.3. The van der Waals surface area contributed by atoms with E-state index in [1.54, 1.807) is 12.1 Å². The molecular formula is C28H27ClF3N2O4+. The van der Waals surface area contributed by atoms with Crippen LogP contribution in [0.2, 0.25) is 5.02 Å². The van der Waals surface area contributed by atoms with Gasteiger partial charge in [0.25, 0.3) is 0 Å². The van der Waals surface area contributed by atoms with Crippen LogP contribution < -0.4 is 15.0 Å². The quantitative estimate of drug-likeness (QED) is 0.281. The van der Waals surface area contributed by atoms with E-state index in [4.69, 9.17) is 21.4 Å². The highest BCUT2D eigenvalue weighted by Crippen LogP contribution is 2.39. The number of urea groups is 1. The van der Waals surface area contributed by atoms with Gasteiger partial charge in [0.15, 0.2) is 0 Å². The average Bonchev–Trinajstić information content (AvgIpc) is 3.67. The van der Waals surface area contributed by atoms with Gasteiger partial charge in [-0.1, -0.05) is 41.9 Å². The first-order chi connectivity index (χ1) is 18.1. The smallest absolute Gasteiger partial charge is 0.419 e. The van der Waals surface area contributed by atoms with Crippen LogP contribution in [0.25, 0.3) is 0 Å². The summed E-state index contributed by atoms with van der Waals surface area (Å²) in [6.45, 7) is 0.589. The van der Waals surface area contributed by atoms with Crippen molar-refractivity contribution in [2.24, 2.45) is 0 Å². The first-order valence-electron chi connectivity index (χ1n) is 12.1. The minimum Gasteiger partial charge on any atom is -0.494 e. The number of amides is 2. The predicted octanol–water partition coefficient (Wildman–Crippen LogP) is 5.78. The lowest BCUT2D eigenvalue weighted by Gasteiger charge is -2.19. The van der Waals surface area contributed by atoms with Gasteiger partial charge in [0.2, 0.25) is 0 Å². The lowest BCUT2D eigenvalue weighted by molar-refractivity contribution is -0.840. The average molecular weight is 548 g/mol. The summed E-state index contributed by atoms with van der Waals surface area (Å²) in [5.74, 6) is -0.142. The van der Waals surface area contributed by atoms with Crippen LogP contribution in [0.3, 0.4) is 0 Å². The molecule has 3 atom stereocenters. The zero-order chi connectivity index (χ0) is 27.3.